The Morgan fingerprint density at radius 2 is 2.08 bits per heavy atom. The third kappa shape index (κ3) is 3.22. The molecule has 1 aliphatic rings. The first-order chi connectivity index (χ1) is 5.68. The molecular weight excluding hydrogens is 154 g/mol. The van der Waals surface area contributed by atoms with Crippen molar-refractivity contribution in [3.05, 3.63) is 6.92 Å². The number of hydrogen-bond acceptors (Lipinski definition) is 2. The number of piperidine rings is 1. The first-order valence-corrected chi connectivity index (χ1v) is 4.45. The fraction of sp³-hybridized carbons (Fsp3) is 0.778. The van der Waals surface area contributed by atoms with Crippen LogP contribution in [0.1, 0.15) is 19.3 Å². The lowest BCUT2D eigenvalue weighted by Gasteiger charge is -2.29. The van der Waals surface area contributed by atoms with Gasteiger partial charge in [0.2, 0.25) is 0 Å². The summed E-state index contributed by atoms with van der Waals surface area (Å²) in [5.74, 6) is -0.127. The van der Waals surface area contributed by atoms with Crippen LogP contribution in [0.2, 0.25) is 0 Å². The lowest BCUT2D eigenvalue weighted by atomic mass is 9.99. The maximum Gasteiger partial charge on any atom is 0.304 e. The molecule has 1 N–H and O–H groups in total. The summed E-state index contributed by atoms with van der Waals surface area (Å²) in [6, 6.07) is 0. The average Bonchev–Trinajstić information content (AvgIpc) is 2.03. The van der Waals surface area contributed by atoms with Crippen molar-refractivity contribution in [3.63, 3.8) is 0 Å². The highest BCUT2D eigenvalue weighted by atomic mass is 16.4. The molecule has 1 radical (unpaired) electrons. The van der Waals surface area contributed by atoms with Gasteiger partial charge in [-0.25, -0.2) is 0 Å². The Balaban J connectivity index is 2.13. The minimum absolute atomic E-state index is 0.266. The lowest BCUT2D eigenvalue weighted by molar-refractivity contribution is -0.137. The molecule has 0 aromatic heterocycles. The van der Waals surface area contributed by atoms with Crippen LogP contribution in [0.3, 0.4) is 0 Å². The van der Waals surface area contributed by atoms with Crippen LogP contribution in [0.4, 0.5) is 0 Å². The van der Waals surface area contributed by atoms with Crippen molar-refractivity contribution in [1.29, 1.82) is 0 Å². The summed E-state index contributed by atoms with van der Waals surface area (Å²) in [6.45, 7) is 6.71. The quantitative estimate of drug-likeness (QED) is 0.687. The van der Waals surface area contributed by atoms with E-state index in [0.29, 0.717) is 12.5 Å². The fourth-order valence-corrected chi connectivity index (χ4v) is 1.46. The number of carboxylic acid groups (broad SMARTS) is 1. The van der Waals surface area contributed by atoms with Crippen molar-refractivity contribution in [1.82, 2.24) is 4.90 Å². The molecule has 0 atom stereocenters. The minimum atomic E-state index is -0.702. The second kappa shape index (κ2) is 4.45. The van der Waals surface area contributed by atoms with Crippen LogP contribution in [0.15, 0.2) is 0 Å². The monoisotopic (exact) mass is 170 g/mol. The lowest BCUT2D eigenvalue weighted by Crippen LogP contribution is -2.34. The van der Waals surface area contributed by atoms with E-state index in [2.05, 4.69) is 11.8 Å². The van der Waals surface area contributed by atoms with E-state index in [0.717, 1.165) is 25.9 Å². The zero-order valence-corrected chi connectivity index (χ0v) is 7.33. The molecule has 1 rings (SSSR count). The second-order valence-electron chi connectivity index (χ2n) is 3.43. The van der Waals surface area contributed by atoms with Crippen LogP contribution < -0.4 is 0 Å². The molecule has 69 valence electrons. The molecule has 0 aromatic rings. The second-order valence-corrected chi connectivity index (χ2v) is 3.43. The van der Waals surface area contributed by atoms with Crippen molar-refractivity contribution in [3.8, 4) is 0 Å². The Kier molecular flexibility index (Phi) is 3.53. The normalized spacial score (nSPS) is 21.1. The van der Waals surface area contributed by atoms with E-state index in [1.807, 2.05) is 0 Å². The van der Waals surface area contributed by atoms with Crippen LogP contribution in [0.5, 0.6) is 0 Å². The van der Waals surface area contributed by atoms with Crippen LogP contribution in [0.25, 0.3) is 0 Å². The van der Waals surface area contributed by atoms with Crippen LogP contribution in [-0.4, -0.2) is 35.6 Å². The molecule has 0 saturated carbocycles. The predicted octanol–water partition coefficient (Wildman–Crippen LogP) is 1.01. The molecular formula is C9H16NO2. The van der Waals surface area contributed by atoms with E-state index in [1.165, 1.54) is 0 Å². The van der Waals surface area contributed by atoms with E-state index in [1.54, 1.807) is 0 Å². The summed E-state index contributed by atoms with van der Waals surface area (Å²) < 4.78 is 0. The summed E-state index contributed by atoms with van der Waals surface area (Å²) >= 11 is 0. The zero-order valence-electron chi connectivity index (χ0n) is 7.33. The third-order valence-corrected chi connectivity index (χ3v) is 2.35. The van der Waals surface area contributed by atoms with Gasteiger partial charge >= 0.3 is 5.97 Å². The standard InChI is InChI=1S/C9H16NO2/c1-8-2-5-10(6-3-8)7-4-9(11)12/h8H,1-7H2,(H,11,12). The third-order valence-electron chi connectivity index (χ3n) is 2.35. The van der Waals surface area contributed by atoms with Gasteiger partial charge in [-0.3, -0.25) is 4.79 Å². The first-order valence-electron chi connectivity index (χ1n) is 4.45. The number of nitrogens with zero attached hydrogens (tertiary/aromatic N) is 1. The molecule has 12 heavy (non-hydrogen) atoms. The van der Waals surface area contributed by atoms with Gasteiger partial charge in [-0.05, 0) is 31.8 Å². The Labute approximate surface area is 73.4 Å². The van der Waals surface area contributed by atoms with Crippen LogP contribution in [0, 0.1) is 12.8 Å². The molecule has 0 amide bonds. The van der Waals surface area contributed by atoms with Gasteiger partial charge in [0.15, 0.2) is 0 Å². The van der Waals surface area contributed by atoms with Crippen LogP contribution in [-0.2, 0) is 4.79 Å². The number of hydrogen-bond donors (Lipinski definition) is 1. The Morgan fingerprint density at radius 1 is 1.50 bits per heavy atom. The highest BCUT2D eigenvalue weighted by Gasteiger charge is 2.15. The molecule has 1 heterocycles. The SMILES string of the molecule is [CH2]C1CCN(CCC(=O)O)CC1. The fourth-order valence-electron chi connectivity index (χ4n) is 1.46. The van der Waals surface area contributed by atoms with E-state index >= 15 is 0 Å². The number of rotatable bonds is 3. The molecule has 0 spiro atoms. The van der Waals surface area contributed by atoms with E-state index in [4.69, 9.17) is 5.11 Å². The minimum Gasteiger partial charge on any atom is -0.481 e. The van der Waals surface area contributed by atoms with Gasteiger partial charge < -0.3 is 10.0 Å². The number of carbonyl (C=O) groups is 1. The van der Waals surface area contributed by atoms with Gasteiger partial charge in [-0.2, -0.15) is 0 Å². The van der Waals surface area contributed by atoms with Crippen molar-refractivity contribution in [2.24, 2.45) is 5.92 Å². The van der Waals surface area contributed by atoms with Gasteiger partial charge in [-0.1, -0.05) is 6.92 Å². The van der Waals surface area contributed by atoms with Gasteiger partial charge in [0.25, 0.3) is 0 Å². The Morgan fingerprint density at radius 3 is 2.58 bits per heavy atom. The molecule has 0 aliphatic carbocycles. The predicted molar refractivity (Wildman–Crippen MR) is 46.8 cm³/mol. The molecule has 0 bridgehead atoms. The maximum atomic E-state index is 10.3. The zero-order chi connectivity index (χ0) is 8.97. The number of likely N-dealkylation sites (tertiary alicyclic amines) is 1. The smallest absolute Gasteiger partial charge is 0.304 e. The van der Waals surface area contributed by atoms with E-state index in [-0.39, 0.29) is 6.42 Å². The topological polar surface area (TPSA) is 40.5 Å². The van der Waals surface area contributed by atoms with Gasteiger partial charge in [0.1, 0.15) is 0 Å². The van der Waals surface area contributed by atoms with Crippen molar-refractivity contribution in [2.75, 3.05) is 19.6 Å². The highest BCUT2D eigenvalue weighted by Crippen LogP contribution is 2.15. The van der Waals surface area contributed by atoms with E-state index < -0.39 is 5.97 Å². The van der Waals surface area contributed by atoms with Crippen molar-refractivity contribution in [2.45, 2.75) is 19.3 Å². The number of aliphatic carboxylic acids is 1. The summed E-state index contributed by atoms with van der Waals surface area (Å²) in [6.07, 6.45) is 2.49. The molecule has 0 aromatic carbocycles. The maximum absolute atomic E-state index is 10.3. The average molecular weight is 170 g/mol. The number of carboxylic acids is 1. The van der Waals surface area contributed by atoms with E-state index in [9.17, 15) is 4.79 Å². The largest absolute Gasteiger partial charge is 0.481 e. The van der Waals surface area contributed by atoms with Gasteiger partial charge in [0, 0.05) is 6.54 Å². The summed E-state index contributed by atoms with van der Waals surface area (Å²) in [5, 5.41) is 8.46. The van der Waals surface area contributed by atoms with Crippen LogP contribution >= 0.6 is 0 Å². The highest BCUT2D eigenvalue weighted by molar-refractivity contribution is 5.66. The summed E-state index contributed by atoms with van der Waals surface area (Å²) in [7, 11) is 0. The summed E-state index contributed by atoms with van der Waals surface area (Å²) in [4.78, 5) is 12.5. The Bertz CT molecular complexity index is 151. The molecule has 3 heteroatoms. The molecule has 3 nitrogen and oxygen atoms in total. The Hall–Kier alpha value is -0.570. The molecule has 0 unspecified atom stereocenters. The van der Waals surface area contributed by atoms with Gasteiger partial charge in [0.05, 0.1) is 6.42 Å². The van der Waals surface area contributed by atoms with Crippen molar-refractivity contribution >= 4 is 5.97 Å². The molecule has 1 fully saturated rings. The molecule has 1 saturated heterocycles. The summed E-state index contributed by atoms with van der Waals surface area (Å²) in [5.41, 5.74) is 0. The molecule has 1 aliphatic heterocycles. The van der Waals surface area contributed by atoms with Crippen molar-refractivity contribution < 1.29 is 9.90 Å². The van der Waals surface area contributed by atoms with Gasteiger partial charge in [-0.15, -0.1) is 0 Å². The first kappa shape index (κ1) is 9.52.